The van der Waals surface area contributed by atoms with Crippen molar-refractivity contribution in [2.75, 3.05) is 19.6 Å². The first-order valence-electron chi connectivity index (χ1n) is 9.58. The van der Waals surface area contributed by atoms with Gasteiger partial charge in [-0.2, -0.15) is 0 Å². The Morgan fingerprint density at radius 2 is 2.04 bits per heavy atom. The lowest BCUT2D eigenvalue weighted by atomic mass is 10.1. The SMILES string of the molecule is CCNC(=NCCc1sc(C)nc1C)NCCc1c[nH]c2cc(C)ccc12. The number of aryl methyl sites for hydroxylation is 3. The van der Waals surface area contributed by atoms with E-state index in [2.05, 4.69) is 72.7 Å². The molecule has 0 atom stereocenters. The number of benzene rings is 1. The van der Waals surface area contributed by atoms with Gasteiger partial charge in [-0.25, -0.2) is 4.98 Å². The molecule has 1 aromatic carbocycles. The van der Waals surface area contributed by atoms with Crippen molar-refractivity contribution in [1.29, 1.82) is 0 Å². The average molecular weight is 384 g/mol. The van der Waals surface area contributed by atoms with E-state index in [0.29, 0.717) is 0 Å². The molecule has 0 aliphatic rings. The number of hydrogen-bond acceptors (Lipinski definition) is 3. The molecule has 0 fully saturated rings. The quantitative estimate of drug-likeness (QED) is 0.428. The highest BCUT2D eigenvalue weighted by molar-refractivity contribution is 7.11. The van der Waals surface area contributed by atoms with Crippen molar-refractivity contribution < 1.29 is 0 Å². The lowest BCUT2D eigenvalue weighted by Crippen LogP contribution is -2.38. The third kappa shape index (κ3) is 5.10. The van der Waals surface area contributed by atoms with Gasteiger partial charge in [-0.3, -0.25) is 4.99 Å². The Labute approximate surface area is 165 Å². The third-order valence-corrected chi connectivity index (χ3v) is 5.69. The summed E-state index contributed by atoms with van der Waals surface area (Å²) in [5.41, 5.74) is 4.96. The molecule has 2 aromatic heterocycles. The second kappa shape index (κ2) is 9.04. The maximum Gasteiger partial charge on any atom is 0.191 e. The molecule has 0 aliphatic carbocycles. The van der Waals surface area contributed by atoms with E-state index in [0.717, 1.165) is 49.1 Å². The zero-order valence-electron chi connectivity index (χ0n) is 16.6. The van der Waals surface area contributed by atoms with Crippen molar-refractivity contribution in [3.8, 4) is 0 Å². The van der Waals surface area contributed by atoms with Gasteiger partial charge in [0.15, 0.2) is 5.96 Å². The summed E-state index contributed by atoms with van der Waals surface area (Å²) in [6.07, 6.45) is 4.01. The largest absolute Gasteiger partial charge is 0.361 e. The topological polar surface area (TPSA) is 65.1 Å². The normalized spacial score (nSPS) is 11.9. The van der Waals surface area contributed by atoms with E-state index in [1.54, 1.807) is 11.3 Å². The van der Waals surface area contributed by atoms with Crippen LogP contribution in [0.4, 0.5) is 0 Å². The predicted octanol–water partition coefficient (Wildman–Crippen LogP) is 3.89. The lowest BCUT2D eigenvalue weighted by molar-refractivity contribution is 0.799. The summed E-state index contributed by atoms with van der Waals surface area (Å²) in [5.74, 6) is 0.882. The van der Waals surface area contributed by atoms with E-state index in [1.807, 2.05) is 0 Å². The molecule has 6 heteroatoms. The van der Waals surface area contributed by atoms with Crippen molar-refractivity contribution in [3.05, 3.63) is 51.1 Å². The van der Waals surface area contributed by atoms with Crippen LogP contribution in [-0.2, 0) is 12.8 Å². The van der Waals surface area contributed by atoms with Gasteiger partial charge in [-0.05, 0) is 51.3 Å². The highest BCUT2D eigenvalue weighted by Gasteiger charge is 2.06. The molecular formula is C21H29N5S. The summed E-state index contributed by atoms with van der Waals surface area (Å²) >= 11 is 1.77. The zero-order chi connectivity index (χ0) is 19.2. The number of nitrogens with one attached hydrogen (secondary N) is 3. The Kier molecular flexibility index (Phi) is 6.50. The predicted molar refractivity (Wildman–Crippen MR) is 116 cm³/mol. The molecular weight excluding hydrogens is 354 g/mol. The summed E-state index contributed by atoms with van der Waals surface area (Å²) in [7, 11) is 0. The first kappa shape index (κ1) is 19.4. The monoisotopic (exact) mass is 383 g/mol. The van der Waals surface area contributed by atoms with Gasteiger partial charge in [0, 0.05) is 48.0 Å². The van der Waals surface area contributed by atoms with Crippen molar-refractivity contribution in [1.82, 2.24) is 20.6 Å². The van der Waals surface area contributed by atoms with Crippen molar-refractivity contribution in [3.63, 3.8) is 0 Å². The molecule has 0 unspecified atom stereocenters. The molecule has 0 radical (unpaired) electrons. The fourth-order valence-corrected chi connectivity index (χ4v) is 4.16. The number of guanidine groups is 1. The lowest BCUT2D eigenvalue weighted by Gasteiger charge is -2.11. The van der Waals surface area contributed by atoms with Gasteiger partial charge in [0.05, 0.1) is 10.7 Å². The van der Waals surface area contributed by atoms with Gasteiger partial charge in [-0.15, -0.1) is 11.3 Å². The van der Waals surface area contributed by atoms with E-state index in [4.69, 9.17) is 4.99 Å². The Bertz CT molecular complexity index is 922. The fourth-order valence-electron chi connectivity index (χ4n) is 3.24. The van der Waals surface area contributed by atoms with Crippen LogP contribution < -0.4 is 10.6 Å². The minimum Gasteiger partial charge on any atom is -0.361 e. The molecule has 0 amide bonds. The summed E-state index contributed by atoms with van der Waals surface area (Å²) in [5, 5.41) is 9.22. The van der Waals surface area contributed by atoms with Crippen LogP contribution >= 0.6 is 11.3 Å². The molecule has 0 spiro atoms. The molecule has 0 saturated heterocycles. The number of aromatic amines is 1. The molecule has 3 rings (SSSR count). The first-order valence-corrected chi connectivity index (χ1v) is 10.4. The maximum atomic E-state index is 4.72. The van der Waals surface area contributed by atoms with Crippen LogP contribution in [0.25, 0.3) is 10.9 Å². The van der Waals surface area contributed by atoms with Crippen LogP contribution in [0.15, 0.2) is 29.4 Å². The number of hydrogen-bond donors (Lipinski definition) is 3. The van der Waals surface area contributed by atoms with Crippen LogP contribution in [0.1, 0.15) is 33.6 Å². The molecule has 0 aliphatic heterocycles. The number of thiazole rings is 1. The minimum absolute atomic E-state index is 0.768. The Morgan fingerprint density at radius 1 is 1.19 bits per heavy atom. The van der Waals surface area contributed by atoms with E-state index >= 15 is 0 Å². The van der Waals surface area contributed by atoms with Crippen molar-refractivity contribution >= 4 is 28.2 Å². The minimum atomic E-state index is 0.768. The summed E-state index contributed by atoms with van der Waals surface area (Å²) in [6.45, 7) is 10.8. The highest BCUT2D eigenvalue weighted by Crippen LogP contribution is 2.20. The van der Waals surface area contributed by atoms with Crippen LogP contribution in [0.2, 0.25) is 0 Å². The first-order chi connectivity index (χ1) is 13.1. The van der Waals surface area contributed by atoms with Gasteiger partial charge in [0.25, 0.3) is 0 Å². The van der Waals surface area contributed by atoms with E-state index in [1.165, 1.54) is 26.9 Å². The van der Waals surface area contributed by atoms with Crippen molar-refractivity contribution in [2.24, 2.45) is 4.99 Å². The molecule has 2 heterocycles. The number of fused-ring (bicyclic) bond motifs is 1. The van der Waals surface area contributed by atoms with Gasteiger partial charge >= 0.3 is 0 Å². The second-order valence-corrected chi connectivity index (χ2v) is 8.08. The summed E-state index contributed by atoms with van der Waals surface area (Å²) in [6, 6.07) is 6.57. The number of aliphatic imine (C=N–C) groups is 1. The molecule has 3 aromatic rings. The van der Waals surface area contributed by atoms with E-state index in [-0.39, 0.29) is 0 Å². The third-order valence-electron chi connectivity index (χ3n) is 4.56. The molecule has 3 N–H and O–H groups in total. The smallest absolute Gasteiger partial charge is 0.191 e. The van der Waals surface area contributed by atoms with Gasteiger partial charge in [-0.1, -0.05) is 12.1 Å². The number of aromatic nitrogens is 2. The standard InChI is InChI=1S/C21H29N5S/c1-5-22-21(24-11-9-20-15(3)26-16(4)27-20)23-10-8-17-13-25-19-12-14(2)6-7-18(17)19/h6-7,12-13,25H,5,8-11H2,1-4H3,(H2,22,23,24). The molecule has 0 bridgehead atoms. The van der Waals surface area contributed by atoms with Gasteiger partial charge < -0.3 is 15.6 Å². The van der Waals surface area contributed by atoms with Gasteiger partial charge in [0.2, 0.25) is 0 Å². The van der Waals surface area contributed by atoms with Crippen LogP contribution in [0.5, 0.6) is 0 Å². The second-order valence-electron chi connectivity index (χ2n) is 6.79. The van der Waals surface area contributed by atoms with Crippen LogP contribution in [0, 0.1) is 20.8 Å². The Morgan fingerprint density at radius 3 is 2.78 bits per heavy atom. The number of rotatable bonds is 7. The average Bonchev–Trinajstić information content (AvgIpc) is 3.17. The van der Waals surface area contributed by atoms with Crippen LogP contribution in [-0.4, -0.2) is 35.6 Å². The maximum absolute atomic E-state index is 4.72. The highest BCUT2D eigenvalue weighted by atomic mass is 32.1. The molecule has 27 heavy (non-hydrogen) atoms. The van der Waals surface area contributed by atoms with Gasteiger partial charge in [0.1, 0.15) is 0 Å². The van der Waals surface area contributed by atoms with Crippen molar-refractivity contribution in [2.45, 2.75) is 40.5 Å². The molecule has 5 nitrogen and oxygen atoms in total. The summed E-state index contributed by atoms with van der Waals surface area (Å²) < 4.78 is 0. The zero-order valence-corrected chi connectivity index (χ0v) is 17.5. The number of nitrogens with zero attached hydrogens (tertiary/aromatic N) is 2. The van der Waals surface area contributed by atoms with E-state index < -0.39 is 0 Å². The number of H-pyrrole nitrogens is 1. The van der Waals surface area contributed by atoms with E-state index in [9.17, 15) is 0 Å². The molecule has 0 saturated carbocycles. The fraction of sp³-hybridized carbons (Fsp3) is 0.429. The molecule has 144 valence electrons. The Hall–Kier alpha value is -2.34. The van der Waals surface area contributed by atoms with Crippen LogP contribution in [0.3, 0.4) is 0 Å². The Balaban J connectivity index is 1.55. The summed E-state index contributed by atoms with van der Waals surface area (Å²) in [4.78, 5) is 13.9.